The van der Waals surface area contributed by atoms with Crippen molar-refractivity contribution in [1.29, 1.82) is 0 Å². The van der Waals surface area contributed by atoms with Crippen molar-refractivity contribution < 1.29 is 27.2 Å². The highest BCUT2D eigenvalue weighted by molar-refractivity contribution is 7.13. The third kappa shape index (κ3) is 7.45. The summed E-state index contributed by atoms with van der Waals surface area (Å²) in [5.41, 5.74) is -0.171. The zero-order valence-corrected chi connectivity index (χ0v) is 24.1. The summed E-state index contributed by atoms with van der Waals surface area (Å²) in [6.07, 6.45) is -1.63. The first kappa shape index (κ1) is 30.3. The molecule has 2 amide bonds. The number of halogens is 4. The van der Waals surface area contributed by atoms with Crippen molar-refractivity contribution in [3.63, 3.8) is 0 Å². The van der Waals surface area contributed by atoms with E-state index in [4.69, 9.17) is 0 Å². The lowest BCUT2D eigenvalue weighted by Gasteiger charge is -2.34. The molecule has 0 spiro atoms. The number of alkyl halides is 3. The summed E-state index contributed by atoms with van der Waals surface area (Å²) in [4.78, 5) is 35.1. The van der Waals surface area contributed by atoms with Gasteiger partial charge in [-0.2, -0.15) is 13.2 Å². The molecule has 2 N–H and O–H groups in total. The van der Waals surface area contributed by atoms with Crippen LogP contribution in [-0.4, -0.2) is 59.3 Å². The Balaban J connectivity index is 1.30. The lowest BCUT2D eigenvalue weighted by molar-refractivity contribution is -0.138. The van der Waals surface area contributed by atoms with Gasteiger partial charge in [0.25, 0.3) is 11.8 Å². The van der Waals surface area contributed by atoms with Crippen molar-refractivity contribution in [2.45, 2.75) is 19.6 Å². The lowest BCUT2D eigenvalue weighted by Crippen LogP contribution is -2.45. The van der Waals surface area contributed by atoms with Crippen LogP contribution in [0.1, 0.15) is 38.8 Å². The minimum absolute atomic E-state index is 0.101. The summed E-state index contributed by atoms with van der Waals surface area (Å²) in [6, 6.07) is 12.5. The highest BCUT2D eigenvalue weighted by Crippen LogP contribution is 2.35. The molecule has 224 valence electrons. The molecule has 4 aromatic rings. The predicted molar refractivity (Wildman–Crippen MR) is 159 cm³/mol. The van der Waals surface area contributed by atoms with Crippen LogP contribution in [-0.2, 0) is 12.7 Å². The van der Waals surface area contributed by atoms with E-state index in [9.17, 15) is 27.2 Å². The Morgan fingerprint density at radius 3 is 2.30 bits per heavy atom. The van der Waals surface area contributed by atoms with E-state index in [0.717, 1.165) is 48.3 Å². The zero-order chi connectivity index (χ0) is 30.6. The number of amides is 2. The van der Waals surface area contributed by atoms with Crippen molar-refractivity contribution in [3.8, 4) is 10.4 Å². The Morgan fingerprint density at radius 2 is 1.60 bits per heavy atom. The molecule has 3 heterocycles. The van der Waals surface area contributed by atoms with E-state index < -0.39 is 34.9 Å². The number of piperazine rings is 1. The van der Waals surface area contributed by atoms with Gasteiger partial charge in [0.05, 0.1) is 16.7 Å². The SMILES string of the molecule is CCN1CCN(Cc2ccc(NC(=O)c3cc(NC(=O)c4cncc(-c5cccs5)c4)ccc3F)cc2C(F)(F)F)CC1. The first-order valence-corrected chi connectivity index (χ1v) is 14.5. The molecule has 1 saturated heterocycles. The first-order chi connectivity index (χ1) is 20.6. The van der Waals surface area contributed by atoms with Gasteiger partial charge in [0, 0.05) is 66.9 Å². The molecule has 0 radical (unpaired) electrons. The standard InChI is InChI=1S/C31H29F4N5O2S/c1-2-39-9-11-40(12-10-39)19-20-5-6-24(16-26(20)31(33,34)35)38-30(42)25-15-23(7-8-27(25)32)37-29(41)22-14-21(17-36-18-22)28-4-3-13-43-28/h3-8,13-18H,2,9-12,19H2,1H3,(H,37,41)(H,38,42). The average molecular weight is 612 g/mol. The van der Waals surface area contributed by atoms with Crippen molar-refractivity contribution in [3.05, 3.63) is 100 Å². The molecule has 0 atom stereocenters. The van der Waals surface area contributed by atoms with Gasteiger partial charge < -0.3 is 15.5 Å². The lowest BCUT2D eigenvalue weighted by atomic mass is 10.0. The van der Waals surface area contributed by atoms with Crippen molar-refractivity contribution in [2.75, 3.05) is 43.4 Å². The van der Waals surface area contributed by atoms with Crippen molar-refractivity contribution >= 4 is 34.5 Å². The van der Waals surface area contributed by atoms with Crippen LogP contribution in [0, 0.1) is 5.82 Å². The molecule has 43 heavy (non-hydrogen) atoms. The van der Waals surface area contributed by atoms with Crippen LogP contribution < -0.4 is 10.6 Å². The number of carbonyl (C=O) groups excluding carboxylic acids is 2. The quantitative estimate of drug-likeness (QED) is 0.219. The van der Waals surface area contributed by atoms with Crippen LogP contribution in [0.3, 0.4) is 0 Å². The second-order valence-corrected chi connectivity index (χ2v) is 11.1. The number of carbonyl (C=O) groups is 2. The van der Waals surface area contributed by atoms with Crippen LogP contribution in [0.4, 0.5) is 28.9 Å². The summed E-state index contributed by atoms with van der Waals surface area (Å²) >= 11 is 1.50. The number of nitrogens with zero attached hydrogens (tertiary/aromatic N) is 3. The van der Waals surface area contributed by atoms with Gasteiger partial charge in [-0.1, -0.05) is 19.1 Å². The second-order valence-electron chi connectivity index (χ2n) is 10.1. The van der Waals surface area contributed by atoms with E-state index in [-0.39, 0.29) is 29.0 Å². The number of hydrogen-bond acceptors (Lipinski definition) is 6. The summed E-state index contributed by atoms with van der Waals surface area (Å²) in [5.74, 6) is -2.37. The van der Waals surface area contributed by atoms with Crippen molar-refractivity contribution in [2.24, 2.45) is 0 Å². The predicted octanol–water partition coefficient (Wildman–Crippen LogP) is 6.61. The minimum Gasteiger partial charge on any atom is -0.322 e. The molecule has 0 aliphatic carbocycles. The molecule has 5 rings (SSSR count). The third-order valence-electron chi connectivity index (χ3n) is 7.25. The van der Waals surface area contributed by atoms with E-state index in [2.05, 4.69) is 20.5 Å². The Hall–Kier alpha value is -4.13. The molecule has 0 bridgehead atoms. The molecule has 1 aliphatic rings. The monoisotopic (exact) mass is 611 g/mol. The highest BCUT2D eigenvalue weighted by atomic mass is 32.1. The maximum Gasteiger partial charge on any atom is 0.416 e. The number of pyridine rings is 1. The Bertz CT molecular complexity index is 1600. The number of hydrogen-bond donors (Lipinski definition) is 2. The fourth-order valence-electron chi connectivity index (χ4n) is 4.88. The van der Waals surface area contributed by atoms with E-state index >= 15 is 0 Å². The van der Waals surface area contributed by atoms with Crippen LogP contribution in [0.2, 0.25) is 0 Å². The molecule has 12 heteroatoms. The fourth-order valence-corrected chi connectivity index (χ4v) is 5.59. The number of likely N-dealkylation sites (N-methyl/N-ethyl adjacent to an activating group) is 1. The van der Waals surface area contributed by atoms with Gasteiger partial charge in [0.2, 0.25) is 0 Å². The molecular formula is C31H29F4N5O2S. The summed E-state index contributed by atoms with van der Waals surface area (Å²) in [7, 11) is 0. The largest absolute Gasteiger partial charge is 0.416 e. The normalized spacial score (nSPS) is 14.4. The van der Waals surface area contributed by atoms with Gasteiger partial charge in [0.15, 0.2) is 0 Å². The van der Waals surface area contributed by atoms with Crippen molar-refractivity contribution in [1.82, 2.24) is 14.8 Å². The number of anilines is 2. The maximum absolute atomic E-state index is 14.7. The molecule has 7 nitrogen and oxygen atoms in total. The summed E-state index contributed by atoms with van der Waals surface area (Å²) in [6.45, 7) is 5.96. The average Bonchev–Trinajstić information content (AvgIpc) is 3.54. The zero-order valence-electron chi connectivity index (χ0n) is 23.2. The smallest absolute Gasteiger partial charge is 0.322 e. The molecule has 2 aromatic heterocycles. The fraction of sp³-hybridized carbons (Fsp3) is 0.258. The molecule has 1 aliphatic heterocycles. The van der Waals surface area contributed by atoms with E-state index in [0.29, 0.717) is 13.1 Å². The number of nitrogens with one attached hydrogen (secondary N) is 2. The van der Waals surface area contributed by atoms with Gasteiger partial charge in [-0.05, 0) is 60.0 Å². The van der Waals surface area contributed by atoms with Crippen LogP contribution in [0.5, 0.6) is 0 Å². The van der Waals surface area contributed by atoms with E-state index in [1.165, 1.54) is 35.7 Å². The number of thiophene rings is 1. The molecular weight excluding hydrogens is 582 g/mol. The van der Waals surface area contributed by atoms with E-state index in [1.807, 2.05) is 29.3 Å². The van der Waals surface area contributed by atoms with Gasteiger partial charge in [-0.25, -0.2) is 4.39 Å². The Morgan fingerprint density at radius 1 is 0.907 bits per heavy atom. The number of benzene rings is 2. The maximum atomic E-state index is 14.7. The highest BCUT2D eigenvalue weighted by Gasteiger charge is 2.34. The van der Waals surface area contributed by atoms with Gasteiger partial charge >= 0.3 is 6.18 Å². The van der Waals surface area contributed by atoms with Crippen LogP contribution in [0.25, 0.3) is 10.4 Å². The summed E-state index contributed by atoms with van der Waals surface area (Å²) in [5, 5.41) is 6.89. The number of aromatic nitrogens is 1. The van der Waals surface area contributed by atoms with Gasteiger partial charge in [-0.3, -0.25) is 19.5 Å². The third-order valence-corrected chi connectivity index (χ3v) is 8.17. The molecule has 0 saturated carbocycles. The minimum atomic E-state index is -4.65. The van der Waals surface area contributed by atoms with Crippen LogP contribution >= 0.6 is 11.3 Å². The Kier molecular flexibility index (Phi) is 9.19. The Labute approximate surface area is 250 Å². The second kappa shape index (κ2) is 13.0. The topological polar surface area (TPSA) is 77.6 Å². The number of rotatable bonds is 8. The van der Waals surface area contributed by atoms with Gasteiger partial charge in [-0.15, -0.1) is 11.3 Å². The molecule has 0 unspecified atom stereocenters. The first-order valence-electron chi connectivity index (χ1n) is 13.7. The molecule has 1 fully saturated rings. The van der Waals surface area contributed by atoms with Crippen LogP contribution in [0.15, 0.2) is 72.4 Å². The van der Waals surface area contributed by atoms with Gasteiger partial charge in [0.1, 0.15) is 5.82 Å². The van der Waals surface area contributed by atoms with E-state index in [1.54, 1.807) is 12.3 Å². The summed E-state index contributed by atoms with van der Waals surface area (Å²) < 4.78 is 56.7. The molecule has 2 aromatic carbocycles.